The van der Waals surface area contributed by atoms with E-state index < -0.39 is 23.6 Å². The Morgan fingerprint density at radius 2 is 1.04 bits per heavy atom. The third kappa shape index (κ3) is 2.05. The Bertz CT molecular complexity index is 1080. The van der Waals surface area contributed by atoms with Crippen LogP contribution < -0.4 is 5.32 Å². The van der Waals surface area contributed by atoms with Gasteiger partial charge in [0.05, 0.1) is 0 Å². The molecule has 6 nitrogen and oxygen atoms in total. The van der Waals surface area contributed by atoms with Gasteiger partial charge in [-0.05, 0) is 0 Å². The zero-order valence-corrected chi connectivity index (χ0v) is 18.6. The summed E-state index contributed by atoms with van der Waals surface area (Å²) in [5.74, 6) is -2.59. The van der Waals surface area contributed by atoms with Crippen molar-refractivity contribution in [2.45, 2.75) is 0 Å². The molecule has 2 aromatic rings. The van der Waals surface area contributed by atoms with Crippen LogP contribution in [0.5, 0.6) is 0 Å². The summed E-state index contributed by atoms with van der Waals surface area (Å²) in [5.41, 5.74) is 0.573. The molecule has 1 N–H and O–H groups in total. The van der Waals surface area contributed by atoms with E-state index in [0.717, 1.165) is 11.0 Å². The SMILES string of the molecule is [B]=CN1C(=O)c2c(Br)c(Br)c3c4c(c(Br)c(Br)c(c24)C1=O)C(=O)NC3=O. The van der Waals surface area contributed by atoms with Crippen molar-refractivity contribution in [3.63, 3.8) is 0 Å². The average Bonchev–Trinajstić information content (AvgIpc) is 2.57. The molecule has 0 fully saturated rings. The maximum absolute atomic E-state index is 12.8. The van der Waals surface area contributed by atoms with Crippen molar-refractivity contribution in [1.82, 2.24) is 10.2 Å². The fourth-order valence-corrected chi connectivity index (χ4v) is 5.44. The summed E-state index contributed by atoms with van der Waals surface area (Å²) in [5, 5.41) is 2.71. The van der Waals surface area contributed by atoms with Crippen molar-refractivity contribution >= 4 is 112 Å². The Balaban J connectivity index is 2.41. The molecular formula is C15H2BBr4N2O4. The van der Waals surface area contributed by atoms with Gasteiger partial charge in [-0.15, -0.1) is 0 Å². The molecule has 0 atom stereocenters. The van der Waals surface area contributed by atoms with Crippen LogP contribution in [0.3, 0.4) is 0 Å². The molecule has 0 unspecified atom stereocenters. The van der Waals surface area contributed by atoms with Gasteiger partial charge in [-0.25, -0.2) is 0 Å². The Hall–Kier alpha value is -1.17. The number of carbonyl (C=O) groups is 4. The summed E-state index contributed by atoms with van der Waals surface area (Å²) >= 11 is 13.3. The number of carbonyl (C=O) groups excluding carboxylic acids is 4. The van der Waals surface area contributed by atoms with E-state index in [1.807, 2.05) is 0 Å². The molecule has 0 spiro atoms. The van der Waals surface area contributed by atoms with Crippen LogP contribution in [0.2, 0.25) is 0 Å². The van der Waals surface area contributed by atoms with E-state index >= 15 is 0 Å². The number of amides is 4. The minimum absolute atomic E-state index is 0.129. The Morgan fingerprint density at radius 1 is 0.692 bits per heavy atom. The topological polar surface area (TPSA) is 83.6 Å². The number of halogens is 4. The predicted octanol–water partition coefficient (Wildman–Crippen LogP) is 3.30. The van der Waals surface area contributed by atoms with Crippen LogP contribution in [0.15, 0.2) is 17.9 Å². The number of nitrogens with one attached hydrogen (secondary N) is 1. The normalized spacial score (nSPS) is 15.6. The number of rotatable bonds is 1. The fraction of sp³-hybridized carbons (Fsp3) is 0. The molecular weight excluding hydrogens is 603 g/mol. The molecule has 0 bridgehead atoms. The number of hydrogen-bond donors (Lipinski definition) is 1. The molecule has 0 aliphatic carbocycles. The first-order valence-corrected chi connectivity index (χ1v) is 10.0. The quantitative estimate of drug-likeness (QED) is 0.400. The van der Waals surface area contributed by atoms with Crippen molar-refractivity contribution in [2.75, 3.05) is 0 Å². The van der Waals surface area contributed by atoms with Crippen LogP contribution in [-0.4, -0.2) is 42.1 Å². The number of hydrogen-bond acceptors (Lipinski definition) is 4. The van der Waals surface area contributed by atoms with E-state index in [0.29, 0.717) is 8.95 Å². The molecule has 127 valence electrons. The first kappa shape index (κ1) is 18.2. The molecule has 4 rings (SSSR count). The second-order valence-electron chi connectivity index (χ2n) is 5.42. The fourth-order valence-electron chi connectivity index (χ4n) is 3.15. The number of imide groups is 2. The van der Waals surface area contributed by atoms with E-state index in [1.165, 1.54) is 0 Å². The molecule has 4 amide bonds. The first-order chi connectivity index (χ1) is 12.2. The maximum atomic E-state index is 12.8. The molecule has 0 saturated heterocycles. The van der Waals surface area contributed by atoms with Gasteiger partial charge in [0.1, 0.15) is 0 Å². The number of nitrogens with zero attached hydrogens (tertiary/aromatic N) is 1. The van der Waals surface area contributed by atoms with E-state index in [2.05, 4.69) is 69.0 Å². The summed E-state index contributed by atoms with van der Waals surface area (Å²) in [6.45, 7) is 0. The molecule has 11 heteroatoms. The van der Waals surface area contributed by atoms with Gasteiger partial charge in [0.25, 0.3) is 0 Å². The van der Waals surface area contributed by atoms with E-state index in [1.54, 1.807) is 0 Å². The van der Waals surface area contributed by atoms with Gasteiger partial charge in [-0.2, -0.15) is 0 Å². The summed E-state index contributed by atoms with van der Waals surface area (Å²) < 4.78 is 1.17. The van der Waals surface area contributed by atoms with Crippen molar-refractivity contribution < 1.29 is 19.2 Å². The van der Waals surface area contributed by atoms with Crippen molar-refractivity contribution in [3.05, 3.63) is 40.1 Å². The zero-order chi connectivity index (χ0) is 19.1. The van der Waals surface area contributed by atoms with E-state index in [4.69, 9.17) is 7.49 Å². The van der Waals surface area contributed by atoms with Crippen molar-refractivity contribution in [1.29, 1.82) is 0 Å². The van der Waals surface area contributed by atoms with Gasteiger partial charge < -0.3 is 0 Å². The van der Waals surface area contributed by atoms with Crippen LogP contribution in [0.4, 0.5) is 0 Å². The molecule has 2 aliphatic heterocycles. The van der Waals surface area contributed by atoms with Gasteiger partial charge in [0, 0.05) is 0 Å². The third-order valence-corrected chi connectivity index (χ3v) is 8.45. The summed E-state index contributed by atoms with van der Waals surface area (Å²) in [4.78, 5) is 51.3. The van der Waals surface area contributed by atoms with Crippen LogP contribution in [0, 0.1) is 0 Å². The van der Waals surface area contributed by atoms with Gasteiger partial charge in [-0.3, -0.25) is 0 Å². The Morgan fingerprint density at radius 3 is 1.42 bits per heavy atom. The summed E-state index contributed by atoms with van der Waals surface area (Å²) in [6.07, 6.45) is 0.881. The van der Waals surface area contributed by atoms with Gasteiger partial charge >= 0.3 is 181 Å². The van der Waals surface area contributed by atoms with E-state index in [9.17, 15) is 19.2 Å². The van der Waals surface area contributed by atoms with Crippen LogP contribution in [-0.2, 0) is 0 Å². The molecule has 2 heterocycles. The van der Waals surface area contributed by atoms with Crippen molar-refractivity contribution in [3.8, 4) is 0 Å². The zero-order valence-electron chi connectivity index (χ0n) is 12.2. The molecule has 2 aromatic carbocycles. The van der Waals surface area contributed by atoms with Gasteiger partial charge in [0.15, 0.2) is 0 Å². The Labute approximate surface area is 180 Å². The second kappa shape index (κ2) is 5.92. The van der Waals surface area contributed by atoms with E-state index in [-0.39, 0.29) is 42.0 Å². The molecule has 2 aliphatic rings. The minimum atomic E-state index is -0.664. The molecule has 26 heavy (non-hydrogen) atoms. The first-order valence-electron chi connectivity index (χ1n) is 6.86. The van der Waals surface area contributed by atoms with Gasteiger partial charge in [0.2, 0.25) is 0 Å². The third-order valence-electron chi connectivity index (χ3n) is 4.21. The molecule has 0 aromatic heterocycles. The van der Waals surface area contributed by atoms with Crippen LogP contribution in [0.25, 0.3) is 10.8 Å². The monoisotopic (exact) mass is 601 g/mol. The predicted molar refractivity (Wildman–Crippen MR) is 109 cm³/mol. The Kier molecular flexibility index (Phi) is 4.14. The van der Waals surface area contributed by atoms with Crippen LogP contribution in [0.1, 0.15) is 41.4 Å². The average molecular weight is 605 g/mol. The molecule has 0 saturated carbocycles. The second-order valence-corrected chi connectivity index (χ2v) is 8.59. The molecule has 1 radical (unpaired) electrons. The number of benzene rings is 2. The summed E-state index contributed by atoms with van der Waals surface area (Å²) in [6, 6.07) is 0. The summed E-state index contributed by atoms with van der Waals surface area (Å²) in [7, 11) is 5.47. The van der Waals surface area contributed by atoms with Crippen LogP contribution >= 0.6 is 63.7 Å². The van der Waals surface area contributed by atoms with Gasteiger partial charge in [-0.1, -0.05) is 0 Å². The standard InChI is InChI=1S/C15H2BBr4N2O4/c16-1-22-14(25)6-3-2-4(8(17)10(6)19)12(23)21-13(24)5(2)9(18)11(20)7(3)15(22)26/h1H,(H,21,23,24). The van der Waals surface area contributed by atoms with Crippen molar-refractivity contribution in [2.24, 2.45) is 0 Å².